The van der Waals surface area contributed by atoms with E-state index < -0.39 is 6.03 Å². The third kappa shape index (κ3) is 4.68. The first-order chi connectivity index (χ1) is 5.20. The van der Waals surface area contributed by atoms with Gasteiger partial charge in [-0.1, -0.05) is 11.8 Å². The van der Waals surface area contributed by atoms with Gasteiger partial charge in [-0.25, -0.2) is 10.2 Å². The first-order valence-corrected chi connectivity index (χ1v) is 2.91. The lowest BCUT2D eigenvalue weighted by atomic mass is 10.7. The van der Waals surface area contributed by atoms with Crippen LogP contribution in [0.15, 0.2) is 0 Å². The van der Waals surface area contributed by atoms with Gasteiger partial charge in [0.2, 0.25) is 0 Å². The van der Waals surface area contributed by atoms with Gasteiger partial charge in [0.1, 0.15) is 0 Å². The van der Waals surface area contributed by atoms with Gasteiger partial charge < -0.3 is 5.73 Å². The maximum atomic E-state index is 10.3. The molecule has 0 unspecified atom stereocenters. The van der Waals surface area contributed by atoms with Crippen molar-refractivity contribution in [3.63, 3.8) is 0 Å². The van der Waals surface area contributed by atoms with Crippen LogP contribution in [-0.4, -0.2) is 11.0 Å². The Balaban J connectivity index is 4.15. The molecule has 0 aromatic heterocycles. The third-order valence-electron chi connectivity index (χ3n) is 0.669. The number of hydrogen-bond donors (Lipinski definition) is 2. The molecule has 0 saturated heterocycles. The van der Waals surface area contributed by atoms with E-state index >= 15 is 0 Å². The zero-order valence-corrected chi connectivity index (χ0v) is 6.43. The fraction of sp³-hybridized carbons (Fsp3) is 0.286. The molecule has 0 rings (SSSR count). The molecule has 0 saturated carbocycles. The van der Waals surface area contributed by atoms with Crippen molar-refractivity contribution in [3.05, 3.63) is 0 Å². The molecule has 58 valence electrons. The van der Waals surface area contributed by atoms with Gasteiger partial charge in [0.15, 0.2) is 0 Å². The van der Waals surface area contributed by atoms with E-state index in [9.17, 15) is 4.79 Å². The molecule has 0 aliphatic carbocycles. The van der Waals surface area contributed by atoms with Crippen LogP contribution in [0.2, 0.25) is 0 Å². The normalized spacial score (nSPS) is 6.36. The fourth-order valence-corrected chi connectivity index (χ4v) is 0.418. The smallest absolute Gasteiger partial charge is 0.332 e. The summed E-state index contributed by atoms with van der Waals surface area (Å²) in [4.78, 5) is 10.3. The van der Waals surface area contributed by atoms with Crippen molar-refractivity contribution in [2.24, 2.45) is 5.73 Å². The van der Waals surface area contributed by atoms with Crippen LogP contribution in [0.5, 0.6) is 0 Å². The number of nitrogens with one attached hydrogen (secondary N) is 1. The molecule has 0 atom stereocenters. The lowest BCUT2D eigenvalue weighted by molar-refractivity contribution is 0.236. The molecule has 4 heteroatoms. The summed E-state index contributed by atoms with van der Waals surface area (Å²) in [5, 5.41) is 1.11. The zero-order chi connectivity index (χ0) is 8.69. The quantitative estimate of drug-likeness (QED) is 0.310. The van der Waals surface area contributed by atoms with Crippen LogP contribution in [0.1, 0.15) is 13.8 Å². The van der Waals surface area contributed by atoms with Gasteiger partial charge in [0, 0.05) is 12.1 Å². The lowest BCUT2D eigenvalue weighted by Gasteiger charge is -2.07. The molecular formula is C7H9N3O. The second-order valence-electron chi connectivity index (χ2n) is 1.54. The Labute approximate surface area is 65.7 Å². The number of nitrogens with zero attached hydrogens (tertiary/aromatic N) is 1. The van der Waals surface area contributed by atoms with Crippen LogP contribution in [0.25, 0.3) is 0 Å². The van der Waals surface area contributed by atoms with Crippen LogP contribution >= 0.6 is 0 Å². The zero-order valence-electron chi connectivity index (χ0n) is 6.43. The van der Waals surface area contributed by atoms with Crippen molar-refractivity contribution in [1.29, 1.82) is 0 Å². The van der Waals surface area contributed by atoms with Gasteiger partial charge in [-0.3, -0.25) is 0 Å². The van der Waals surface area contributed by atoms with E-state index in [0.29, 0.717) is 0 Å². The summed E-state index contributed by atoms with van der Waals surface area (Å²) in [6.45, 7) is 3.26. The van der Waals surface area contributed by atoms with E-state index in [1.54, 1.807) is 13.8 Å². The Morgan fingerprint density at radius 2 is 1.82 bits per heavy atom. The van der Waals surface area contributed by atoms with Crippen molar-refractivity contribution < 1.29 is 4.79 Å². The van der Waals surface area contributed by atoms with Crippen LogP contribution in [0.4, 0.5) is 4.79 Å². The number of urea groups is 1. The van der Waals surface area contributed by atoms with E-state index in [2.05, 4.69) is 29.4 Å². The molecule has 0 aromatic rings. The summed E-state index contributed by atoms with van der Waals surface area (Å²) >= 11 is 0. The summed E-state index contributed by atoms with van der Waals surface area (Å²) in [7, 11) is 0. The Hall–Kier alpha value is -1.81. The van der Waals surface area contributed by atoms with Crippen molar-refractivity contribution >= 4 is 6.03 Å². The van der Waals surface area contributed by atoms with E-state index in [4.69, 9.17) is 5.73 Å². The minimum Gasteiger partial charge on any atom is -0.350 e. The number of primary amides is 1. The Bertz CT molecular complexity index is 230. The van der Waals surface area contributed by atoms with Crippen molar-refractivity contribution in [3.8, 4) is 23.9 Å². The van der Waals surface area contributed by atoms with E-state index in [1.807, 2.05) is 0 Å². The van der Waals surface area contributed by atoms with Crippen LogP contribution in [0, 0.1) is 23.9 Å². The van der Waals surface area contributed by atoms with Gasteiger partial charge in [-0.15, -0.1) is 0 Å². The highest BCUT2D eigenvalue weighted by molar-refractivity contribution is 5.71. The molecule has 0 spiro atoms. The van der Waals surface area contributed by atoms with Crippen LogP contribution in [-0.2, 0) is 0 Å². The predicted octanol–water partition coefficient (Wildman–Crippen LogP) is -0.167. The Morgan fingerprint density at radius 3 is 2.09 bits per heavy atom. The maximum absolute atomic E-state index is 10.3. The minimum absolute atomic E-state index is 0.685. The first kappa shape index (κ1) is 9.19. The second kappa shape index (κ2) is 5.01. The number of amides is 2. The van der Waals surface area contributed by atoms with Gasteiger partial charge in [0.05, 0.1) is 0 Å². The van der Waals surface area contributed by atoms with Gasteiger partial charge in [0.25, 0.3) is 0 Å². The SMILES string of the molecule is CC#CN(C#CC)NC(N)=O. The average Bonchev–Trinajstić information content (AvgIpc) is 1.87. The van der Waals surface area contributed by atoms with Crippen LogP contribution < -0.4 is 11.2 Å². The maximum Gasteiger partial charge on any atom is 0.332 e. The third-order valence-corrected chi connectivity index (χ3v) is 0.669. The van der Waals surface area contributed by atoms with Crippen molar-refractivity contribution in [2.75, 3.05) is 0 Å². The molecule has 0 aliphatic rings. The van der Waals surface area contributed by atoms with E-state index in [-0.39, 0.29) is 0 Å². The van der Waals surface area contributed by atoms with Gasteiger partial charge >= 0.3 is 6.03 Å². The number of hydrazine groups is 1. The molecule has 3 N–H and O–H groups in total. The summed E-state index contributed by atoms with van der Waals surface area (Å²) < 4.78 is 0. The summed E-state index contributed by atoms with van der Waals surface area (Å²) in [5.41, 5.74) is 7.03. The summed E-state index contributed by atoms with van der Waals surface area (Å²) in [6.07, 6.45) is 0. The molecule has 2 amide bonds. The highest BCUT2D eigenvalue weighted by Gasteiger charge is 1.94. The monoisotopic (exact) mass is 151 g/mol. The Kier molecular flexibility index (Phi) is 4.19. The second-order valence-corrected chi connectivity index (χ2v) is 1.54. The largest absolute Gasteiger partial charge is 0.350 e. The molecule has 0 fully saturated rings. The molecule has 0 aromatic carbocycles. The molecule has 11 heavy (non-hydrogen) atoms. The number of hydrogen-bond acceptors (Lipinski definition) is 2. The number of nitrogens with two attached hydrogens (primary N) is 1. The summed E-state index contributed by atoms with van der Waals surface area (Å²) in [5.74, 6) is 5.12. The predicted molar refractivity (Wildman–Crippen MR) is 41.5 cm³/mol. The number of rotatable bonds is 1. The van der Waals surface area contributed by atoms with Gasteiger partial charge in [-0.05, 0) is 13.8 Å². The Morgan fingerprint density at radius 1 is 1.36 bits per heavy atom. The standard InChI is InChI=1S/C7H9N3O/c1-3-5-10(6-4-2)9-7(8)11/h1-2H3,(H3,8,9,11). The molecule has 4 nitrogen and oxygen atoms in total. The topological polar surface area (TPSA) is 58.4 Å². The fourth-order valence-electron chi connectivity index (χ4n) is 0.418. The first-order valence-electron chi connectivity index (χ1n) is 2.91. The number of carbonyl (C=O) groups excluding carboxylic acids is 1. The lowest BCUT2D eigenvalue weighted by Crippen LogP contribution is -2.39. The van der Waals surface area contributed by atoms with Gasteiger partial charge in [-0.2, -0.15) is 5.01 Å². The molecule has 0 aliphatic heterocycles. The minimum atomic E-state index is -0.685. The number of carbonyl (C=O) groups is 1. The molecular weight excluding hydrogens is 142 g/mol. The van der Waals surface area contributed by atoms with E-state index in [1.165, 1.54) is 0 Å². The highest BCUT2D eigenvalue weighted by atomic mass is 16.2. The molecule has 0 bridgehead atoms. The molecule has 0 radical (unpaired) electrons. The highest BCUT2D eigenvalue weighted by Crippen LogP contribution is 1.72. The average molecular weight is 151 g/mol. The summed E-state index contributed by atoms with van der Waals surface area (Å²) in [6, 6.07) is 4.34. The molecule has 0 heterocycles. The van der Waals surface area contributed by atoms with Crippen LogP contribution in [0.3, 0.4) is 0 Å². The van der Waals surface area contributed by atoms with Crippen molar-refractivity contribution in [2.45, 2.75) is 13.8 Å². The van der Waals surface area contributed by atoms with Crippen molar-refractivity contribution in [1.82, 2.24) is 10.4 Å². The van der Waals surface area contributed by atoms with E-state index in [0.717, 1.165) is 5.01 Å².